The maximum absolute atomic E-state index is 10.2. The van der Waals surface area contributed by atoms with Gasteiger partial charge < -0.3 is 5.11 Å². The zero-order valence-electron chi connectivity index (χ0n) is 14.3. The number of carboxylic acids is 1. The van der Waals surface area contributed by atoms with Crippen molar-refractivity contribution >= 4 is 5.97 Å². The van der Waals surface area contributed by atoms with Gasteiger partial charge in [0.1, 0.15) is 0 Å². The van der Waals surface area contributed by atoms with Gasteiger partial charge in [-0.25, -0.2) is 4.79 Å². The molecule has 0 heterocycles. The Labute approximate surface area is 137 Å². The predicted molar refractivity (Wildman–Crippen MR) is 96.1 cm³/mol. The first-order valence-electron chi connectivity index (χ1n) is 8.98. The van der Waals surface area contributed by atoms with Crippen molar-refractivity contribution < 1.29 is 9.90 Å². The van der Waals surface area contributed by atoms with Gasteiger partial charge in [0.2, 0.25) is 0 Å². The first-order chi connectivity index (χ1) is 10.8. The summed E-state index contributed by atoms with van der Waals surface area (Å²) < 4.78 is 0. The molecule has 2 heteroatoms. The molecule has 0 aliphatic rings. The van der Waals surface area contributed by atoms with Gasteiger partial charge in [-0.2, -0.15) is 0 Å². The van der Waals surface area contributed by atoms with Crippen LogP contribution in [0.15, 0.2) is 36.5 Å². The summed E-state index contributed by atoms with van der Waals surface area (Å²) in [5, 5.41) is 8.41. The van der Waals surface area contributed by atoms with E-state index >= 15 is 0 Å². The van der Waals surface area contributed by atoms with Gasteiger partial charge in [0.25, 0.3) is 0 Å². The van der Waals surface area contributed by atoms with Gasteiger partial charge in [0.05, 0.1) is 0 Å². The number of rotatable bonds is 15. The van der Waals surface area contributed by atoms with E-state index in [-0.39, 0.29) is 0 Å². The average Bonchev–Trinajstić information content (AvgIpc) is 2.50. The van der Waals surface area contributed by atoms with Crippen LogP contribution in [0.4, 0.5) is 0 Å². The first kappa shape index (κ1) is 20.7. The molecule has 0 atom stereocenters. The highest BCUT2D eigenvalue weighted by atomic mass is 16.4. The number of allylic oxidation sites excluding steroid dienone is 5. The molecule has 0 bridgehead atoms. The number of carboxylic acid groups (broad SMARTS) is 1. The number of aliphatic carboxylic acids is 1. The molecule has 22 heavy (non-hydrogen) atoms. The van der Waals surface area contributed by atoms with Gasteiger partial charge in [0, 0.05) is 6.08 Å². The summed E-state index contributed by atoms with van der Waals surface area (Å²) in [5.74, 6) is -0.898. The summed E-state index contributed by atoms with van der Waals surface area (Å²) >= 11 is 0. The van der Waals surface area contributed by atoms with E-state index in [2.05, 4.69) is 19.1 Å². The van der Waals surface area contributed by atoms with Crippen molar-refractivity contribution in [3.05, 3.63) is 36.5 Å². The predicted octanol–water partition coefficient (Wildman–Crippen LogP) is 6.44. The SMILES string of the molecule is CCCCCCCCCCC/C=C\CC/C=C/C=C/C(=O)O. The lowest BCUT2D eigenvalue weighted by atomic mass is 10.1. The quantitative estimate of drug-likeness (QED) is 0.163. The van der Waals surface area contributed by atoms with Gasteiger partial charge in [-0.05, 0) is 25.7 Å². The Balaban J connectivity index is 3.22. The lowest BCUT2D eigenvalue weighted by Crippen LogP contribution is -1.84. The van der Waals surface area contributed by atoms with Crippen LogP contribution in [-0.2, 0) is 4.79 Å². The Morgan fingerprint density at radius 2 is 1.27 bits per heavy atom. The zero-order valence-corrected chi connectivity index (χ0v) is 14.3. The molecule has 0 aromatic rings. The van der Waals surface area contributed by atoms with Crippen LogP contribution in [-0.4, -0.2) is 11.1 Å². The third kappa shape index (κ3) is 18.7. The van der Waals surface area contributed by atoms with Gasteiger partial charge >= 0.3 is 5.97 Å². The van der Waals surface area contributed by atoms with E-state index in [0.29, 0.717) is 0 Å². The molecule has 1 N–H and O–H groups in total. The van der Waals surface area contributed by atoms with Crippen molar-refractivity contribution in [3.8, 4) is 0 Å². The minimum absolute atomic E-state index is 0.898. The molecule has 0 unspecified atom stereocenters. The molecular formula is C20H34O2. The Morgan fingerprint density at radius 3 is 1.91 bits per heavy atom. The standard InChI is InChI=1S/C20H34O2/c1-2-3-4-5-6-7-8-9-10-11-12-13-14-15-16-17-18-19-20(21)22/h12-13,16-19H,2-11,14-15H2,1H3,(H,21,22)/b13-12-,17-16+,19-18+. The van der Waals surface area contributed by atoms with Crippen LogP contribution in [0.3, 0.4) is 0 Å². The summed E-state index contributed by atoms with van der Waals surface area (Å²) in [5.41, 5.74) is 0. The monoisotopic (exact) mass is 306 g/mol. The normalized spacial score (nSPS) is 12.0. The number of hydrogen-bond acceptors (Lipinski definition) is 1. The highest BCUT2D eigenvalue weighted by Crippen LogP contribution is 2.10. The molecule has 0 aliphatic carbocycles. The van der Waals surface area contributed by atoms with Crippen LogP contribution < -0.4 is 0 Å². The molecule has 0 amide bonds. The van der Waals surface area contributed by atoms with Gasteiger partial charge in [-0.3, -0.25) is 0 Å². The van der Waals surface area contributed by atoms with Gasteiger partial charge in [-0.15, -0.1) is 0 Å². The lowest BCUT2D eigenvalue weighted by Gasteiger charge is -2.00. The van der Waals surface area contributed by atoms with Crippen molar-refractivity contribution in [3.63, 3.8) is 0 Å². The van der Waals surface area contributed by atoms with E-state index in [9.17, 15) is 4.79 Å². The van der Waals surface area contributed by atoms with E-state index in [1.54, 1.807) is 12.2 Å². The highest BCUT2D eigenvalue weighted by Gasteiger charge is 1.91. The molecule has 0 saturated carbocycles. The van der Waals surface area contributed by atoms with Crippen LogP contribution in [0.5, 0.6) is 0 Å². The summed E-state index contributed by atoms with van der Waals surface area (Å²) in [6.45, 7) is 2.26. The molecule has 0 spiro atoms. The second-order valence-electron chi connectivity index (χ2n) is 5.79. The molecule has 126 valence electrons. The van der Waals surface area contributed by atoms with Crippen LogP contribution in [0, 0.1) is 0 Å². The maximum Gasteiger partial charge on any atom is 0.328 e. The Hall–Kier alpha value is -1.31. The third-order valence-corrected chi connectivity index (χ3v) is 3.63. The Morgan fingerprint density at radius 1 is 0.727 bits per heavy atom. The largest absolute Gasteiger partial charge is 0.478 e. The van der Waals surface area contributed by atoms with Crippen molar-refractivity contribution in [2.24, 2.45) is 0 Å². The topological polar surface area (TPSA) is 37.3 Å². The second kappa shape index (κ2) is 17.7. The Bertz CT molecular complexity index is 327. The number of unbranched alkanes of at least 4 members (excludes halogenated alkanes) is 10. The number of hydrogen-bond donors (Lipinski definition) is 1. The van der Waals surface area contributed by atoms with E-state index in [4.69, 9.17) is 5.11 Å². The Kier molecular flexibility index (Phi) is 16.7. The second-order valence-corrected chi connectivity index (χ2v) is 5.79. The van der Waals surface area contributed by atoms with E-state index < -0.39 is 5.97 Å². The van der Waals surface area contributed by atoms with E-state index in [1.165, 1.54) is 64.2 Å². The molecule has 2 nitrogen and oxygen atoms in total. The smallest absolute Gasteiger partial charge is 0.328 e. The van der Waals surface area contributed by atoms with Crippen molar-refractivity contribution in [2.45, 2.75) is 84.0 Å². The molecule has 0 aromatic heterocycles. The van der Waals surface area contributed by atoms with Crippen LogP contribution >= 0.6 is 0 Å². The number of carbonyl (C=O) groups is 1. The summed E-state index contributed by atoms with van der Waals surface area (Å²) in [6, 6.07) is 0. The van der Waals surface area contributed by atoms with Crippen molar-refractivity contribution in [1.29, 1.82) is 0 Å². The first-order valence-corrected chi connectivity index (χ1v) is 8.98. The zero-order chi connectivity index (χ0) is 16.3. The summed E-state index contributed by atoms with van der Waals surface area (Å²) in [6.07, 6.45) is 26.7. The van der Waals surface area contributed by atoms with Crippen molar-refractivity contribution in [2.75, 3.05) is 0 Å². The third-order valence-electron chi connectivity index (χ3n) is 3.63. The van der Waals surface area contributed by atoms with Crippen LogP contribution in [0.1, 0.15) is 84.0 Å². The summed E-state index contributed by atoms with van der Waals surface area (Å²) in [4.78, 5) is 10.2. The van der Waals surface area contributed by atoms with E-state index in [1.807, 2.05) is 6.08 Å². The maximum atomic E-state index is 10.2. The minimum atomic E-state index is -0.898. The van der Waals surface area contributed by atoms with Gasteiger partial charge in [-0.1, -0.05) is 88.7 Å². The molecule has 0 aromatic carbocycles. The highest BCUT2D eigenvalue weighted by molar-refractivity contribution is 5.80. The lowest BCUT2D eigenvalue weighted by molar-refractivity contribution is -0.131. The minimum Gasteiger partial charge on any atom is -0.478 e. The fourth-order valence-electron chi connectivity index (χ4n) is 2.31. The fourth-order valence-corrected chi connectivity index (χ4v) is 2.31. The molecule has 0 fully saturated rings. The van der Waals surface area contributed by atoms with Gasteiger partial charge in [0.15, 0.2) is 0 Å². The summed E-state index contributed by atoms with van der Waals surface area (Å²) in [7, 11) is 0. The average molecular weight is 306 g/mol. The molecule has 0 radical (unpaired) electrons. The van der Waals surface area contributed by atoms with Crippen LogP contribution in [0.25, 0.3) is 0 Å². The van der Waals surface area contributed by atoms with Crippen molar-refractivity contribution in [1.82, 2.24) is 0 Å². The van der Waals surface area contributed by atoms with Crippen LogP contribution in [0.2, 0.25) is 0 Å². The molecular weight excluding hydrogens is 272 g/mol. The van der Waals surface area contributed by atoms with E-state index in [0.717, 1.165) is 18.9 Å². The fraction of sp³-hybridized carbons (Fsp3) is 0.650. The molecule has 0 saturated heterocycles. The molecule has 0 rings (SSSR count). The molecule has 0 aliphatic heterocycles.